The summed E-state index contributed by atoms with van der Waals surface area (Å²) in [4.78, 5) is 20.1. The van der Waals surface area contributed by atoms with Crippen LogP contribution < -0.4 is 16.8 Å². The van der Waals surface area contributed by atoms with Crippen LogP contribution in [0.3, 0.4) is 0 Å². The molecule has 3 amide bonds. The Bertz CT molecular complexity index is 194. The fourth-order valence-corrected chi connectivity index (χ4v) is 0.763. The summed E-state index contributed by atoms with van der Waals surface area (Å²) in [6.45, 7) is 6.40. The summed E-state index contributed by atoms with van der Waals surface area (Å²) in [6.07, 6.45) is 4.67. The van der Waals surface area contributed by atoms with E-state index in [9.17, 15) is 9.59 Å². The van der Waals surface area contributed by atoms with Crippen LogP contribution in [0.2, 0.25) is 0 Å². The van der Waals surface area contributed by atoms with E-state index in [0.29, 0.717) is 0 Å². The molecule has 5 N–H and O–H groups in total. The number of rotatable bonds is 6. The van der Waals surface area contributed by atoms with Crippen molar-refractivity contribution in [2.75, 3.05) is 6.54 Å². The van der Waals surface area contributed by atoms with Crippen LogP contribution in [-0.2, 0) is 4.79 Å². The van der Waals surface area contributed by atoms with E-state index in [1.807, 2.05) is 0 Å². The summed E-state index contributed by atoms with van der Waals surface area (Å²) in [7, 11) is 0. The molecule has 0 saturated heterocycles. The van der Waals surface area contributed by atoms with Crippen LogP contribution in [0.15, 0.2) is 0 Å². The van der Waals surface area contributed by atoms with Crippen LogP contribution >= 0.6 is 0 Å². The maximum Gasteiger partial charge on any atom is 0.312 e. The lowest BCUT2D eigenvalue weighted by Crippen LogP contribution is -2.29. The third kappa shape index (κ3) is 18.5. The van der Waals surface area contributed by atoms with Crippen molar-refractivity contribution in [1.29, 1.82) is 0 Å². The van der Waals surface area contributed by atoms with Gasteiger partial charge in [-0.05, 0) is 6.42 Å². The third-order valence-corrected chi connectivity index (χ3v) is 1.90. The van der Waals surface area contributed by atoms with Gasteiger partial charge in [0.25, 0.3) is 0 Å². The van der Waals surface area contributed by atoms with Gasteiger partial charge < -0.3 is 16.8 Å². The number of carbonyl (C=O) groups is 2. The van der Waals surface area contributed by atoms with Gasteiger partial charge >= 0.3 is 6.03 Å². The van der Waals surface area contributed by atoms with Gasteiger partial charge in [0, 0.05) is 12.5 Å². The van der Waals surface area contributed by atoms with Crippen molar-refractivity contribution in [3.05, 3.63) is 0 Å². The highest BCUT2D eigenvalue weighted by atomic mass is 16.2. The van der Waals surface area contributed by atoms with Gasteiger partial charge in [-0.15, -0.1) is 0 Å². The highest BCUT2D eigenvalue weighted by Gasteiger charge is 1.96. The normalized spacial score (nSPS) is 9.25. The molecule has 16 heavy (non-hydrogen) atoms. The lowest BCUT2D eigenvalue weighted by atomic mass is 10.2. The smallest absolute Gasteiger partial charge is 0.312 e. The summed E-state index contributed by atoms with van der Waals surface area (Å²) in [5.41, 5.74) is 9.65. The molecule has 0 atom stereocenters. The molecule has 0 unspecified atom stereocenters. The van der Waals surface area contributed by atoms with Gasteiger partial charge in [-0.3, -0.25) is 4.79 Å². The number of hydrogen-bond donors (Lipinski definition) is 3. The largest absolute Gasteiger partial charge is 0.369 e. The SMILES string of the molecule is CC(C)C(N)=O.CCCCCCNC(N)=O. The Morgan fingerprint density at radius 2 is 1.62 bits per heavy atom. The van der Waals surface area contributed by atoms with Gasteiger partial charge in [0.2, 0.25) is 5.91 Å². The number of nitrogens with two attached hydrogens (primary N) is 2. The fourth-order valence-electron chi connectivity index (χ4n) is 0.763. The number of carbonyl (C=O) groups excluding carboxylic acids is 2. The summed E-state index contributed by atoms with van der Waals surface area (Å²) in [5, 5.41) is 2.54. The lowest BCUT2D eigenvalue weighted by Gasteiger charge is -1.99. The maximum absolute atomic E-state index is 10.1. The van der Waals surface area contributed by atoms with Crippen molar-refractivity contribution in [2.24, 2.45) is 17.4 Å². The lowest BCUT2D eigenvalue weighted by molar-refractivity contribution is -0.120. The van der Waals surface area contributed by atoms with E-state index in [1.54, 1.807) is 13.8 Å². The molecule has 0 heterocycles. The Labute approximate surface area is 97.9 Å². The average Bonchev–Trinajstić information content (AvgIpc) is 2.18. The molecule has 0 radical (unpaired) electrons. The zero-order valence-corrected chi connectivity index (χ0v) is 10.6. The number of urea groups is 1. The average molecular weight is 231 g/mol. The predicted octanol–water partition coefficient (Wildman–Crippen LogP) is 1.36. The van der Waals surface area contributed by atoms with E-state index in [4.69, 9.17) is 11.5 Å². The maximum atomic E-state index is 10.1. The molecule has 0 aliphatic heterocycles. The Balaban J connectivity index is 0. The van der Waals surface area contributed by atoms with E-state index in [0.717, 1.165) is 13.0 Å². The first-order chi connectivity index (χ1) is 7.41. The van der Waals surface area contributed by atoms with Crippen LogP contribution in [0.4, 0.5) is 4.79 Å². The zero-order chi connectivity index (χ0) is 13.0. The summed E-state index contributed by atoms with van der Waals surface area (Å²) >= 11 is 0. The minimum Gasteiger partial charge on any atom is -0.369 e. The standard InChI is InChI=1S/C7H16N2O.C4H9NO/c1-2-3-4-5-6-9-7(8)10;1-3(2)4(5)6/h2-6H2,1H3,(H3,8,9,10);3H,1-2H3,(H2,5,6). The van der Waals surface area contributed by atoms with Gasteiger partial charge in [0.1, 0.15) is 0 Å². The van der Waals surface area contributed by atoms with Crippen LogP contribution in [0.1, 0.15) is 46.5 Å². The van der Waals surface area contributed by atoms with Crippen LogP contribution in [-0.4, -0.2) is 18.5 Å². The summed E-state index contributed by atoms with van der Waals surface area (Å²) in [5.74, 6) is -0.250. The molecule has 0 aliphatic carbocycles. The van der Waals surface area contributed by atoms with E-state index < -0.39 is 6.03 Å². The molecule has 0 aromatic heterocycles. The number of hydrogen-bond acceptors (Lipinski definition) is 2. The van der Waals surface area contributed by atoms with Gasteiger partial charge in [-0.2, -0.15) is 0 Å². The van der Waals surface area contributed by atoms with E-state index in [-0.39, 0.29) is 11.8 Å². The van der Waals surface area contributed by atoms with Gasteiger partial charge in [-0.1, -0.05) is 40.0 Å². The monoisotopic (exact) mass is 231 g/mol. The highest BCUT2D eigenvalue weighted by molar-refractivity contribution is 5.75. The molecule has 5 nitrogen and oxygen atoms in total. The Hall–Kier alpha value is -1.26. The summed E-state index contributed by atoms with van der Waals surface area (Å²) < 4.78 is 0. The molecule has 0 spiro atoms. The minimum absolute atomic E-state index is 0.00926. The topological polar surface area (TPSA) is 98.2 Å². The summed E-state index contributed by atoms with van der Waals surface area (Å²) in [6, 6.07) is -0.420. The molecule has 5 heteroatoms. The highest BCUT2D eigenvalue weighted by Crippen LogP contribution is 1.96. The van der Waals surface area contributed by atoms with Gasteiger partial charge in [-0.25, -0.2) is 4.79 Å². The molecule has 0 saturated carbocycles. The first-order valence-corrected chi connectivity index (χ1v) is 5.74. The molecule has 96 valence electrons. The number of primary amides is 2. The van der Waals surface area contributed by atoms with E-state index >= 15 is 0 Å². The number of nitrogens with one attached hydrogen (secondary N) is 1. The first kappa shape index (κ1) is 17.1. The minimum atomic E-state index is -0.420. The van der Waals surface area contributed by atoms with Gasteiger partial charge in [0.15, 0.2) is 0 Å². The Morgan fingerprint density at radius 1 is 1.12 bits per heavy atom. The molecule has 0 aromatic carbocycles. The molecular weight excluding hydrogens is 206 g/mol. The van der Waals surface area contributed by atoms with Crippen molar-refractivity contribution < 1.29 is 9.59 Å². The predicted molar refractivity (Wildman–Crippen MR) is 65.8 cm³/mol. The Kier molecular flexibility index (Phi) is 12.7. The first-order valence-electron chi connectivity index (χ1n) is 5.74. The van der Waals surface area contributed by atoms with Crippen molar-refractivity contribution in [2.45, 2.75) is 46.5 Å². The molecule has 0 rings (SSSR count). The zero-order valence-electron chi connectivity index (χ0n) is 10.6. The van der Waals surface area contributed by atoms with E-state index in [2.05, 4.69) is 12.2 Å². The van der Waals surface area contributed by atoms with Crippen molar-refractivity contribution >= 4 is 11.9 Å². The molecular formula is C11H25N3O2. The second-order valence-electron chi connectivity index (χ2n) is 3.91. The fraction of sp³-hybridized carbons (Fsp3) is 0.818. The van der Waals surface area contributed by atoms with Crippen molar-refractivity contribution in [1.82, 2.24) is 5.32 Å². The van der Waals surface area contributed by atoms with Crippen LogP contribution in [0.25, 0.3) is 0 Å². The Morgan fingerprint density at radius 3 is 1.94 bits per heavy atom. The second kappa shape index (κ2) is 11.8. The van der Waals surface area contributed by atoms with E-state index in [1.165, 1.54) is 19.3 Å². The van der Waals surface area contributed by atoms with Crippen LogP contribution in [0.5, 0.6) is 0 Å². The van der Waals surface area contributed by atoms with Crippen LogP contribution in [0, 0.1) is 5.92 Å². The quantitative estimate of drug-likeness (QED) is 0.601. The second-order valence-corrected chi connectivity index (χ2v) is 3.91. The van der Waals surface area contributed by atoms with Crippen molar-refractivity contribution in [3.8, 4) is 0 Å². The van der Waals surface area contributed by atoms with Crippen molar-refractivity contribution in [3.63, 3.8) is 0 Å². The molecule has 0 bridgehead atoms. The molecule has 0 aliphatic rings. The van der Waals surface area contributed by atoms with Gasteiger partial charge in [0.05, 0.1) is 0 Å². The molecule has 0 fully saturated rings. The molecule has 0 aromatic rings. The third-order valence-electron chi connectivity index (χ3n) is 1.90. The number of unbranched alkanes of at least 4 members (excludes halogenated alkanes) is 3. The number of amides is 3.